The Balaban J connectivity index is 1.90. The summed E-state index contributed by atoms with van der Waals surface area (Å²) in [6.45, 7) is 11.0. The largest absolute Gasteiger partial charge is 0.398 e. The zero-order valence-electron chi connectivity index (χ0n) is 22.8. The van der Waals surface area contributed by atoms with Crippen LogP contribution in [0.4, 0.5) is 21.9 Å². The van der Waals surface area contributed by atoms with Crippen molar-refractivity contribution in [3.05, 3.63) is 82.3 Å². The molecule has 0 aliphatic rings. The lowest BCUT2D eigenvalue weighted by atomic mass is 9.93. The molecule has 0 radical (unpaired) electrons. The lowest BCUT2D eigenvalue weighted by Crippen LogP contribution is -2.30. The standard InChI is InChI=1S/C31H37N5O2/c1-6-7-18-36-29-24(15-11-17-33-29)26(23-12-8-9-16-25(23)32)28(30(36)37)35-31(38)34-27-21(19(2)3)13-10-14-22(27)20(4)5/h8-17,19-20H,6-7,18,32H2,1-5H3,(H2,34,35,38). The molecule has 0 unspecified atom stereocenters. The summed E-state index contributed by atoms with van der Waals surface area (Å²) in [5, 5.41) is 6.76. The van der Waals surface area contributed by atoms with Gasteiger partial charge in [0.1, 0.15) is 11.3 Å². The summed E-state index contributed by atoms with van der Waals surface area (Å²) in [7, 11) is 0. The number of fused-ring (bicyclic) bond motifs is 1. The van der Waals surface area contributed by atoms with E-state index in [9.17, 15) is 9.59 Å². The van der Waals surface area contributed by atoms with Crippen molar-refractivity contribution in [2.45, 2.75) is 65.8 Å². The molecule has 4 aromatic rings. The van der Waals surface area contributed by atoms with Gasteiger partial charge in [0.25, 0.3) is 5.56 Å². The fourth-order valence-electron chi connectivity index (χ4n) is 4.88. The molecule has 2 aromatic heterocycles. The maximum Gasteiger partial charge on any atom is 0.323 e. The first kappa shape index (κ1) is 26.9. The Kier molecular flexibility index (Phi) is 8.15. The number of para-hydroxylation sites is 2. The fourth-order valence-corrected chi connectivity index (χ4v) is 4.88. The van der Waals surface area contributed by atoms with Crippen molar-refractivity contribution >= 4 is 34.1 Å². The molecule has 2 heterocycles. The number of nitrogens with one attached hydrogen (secondary N) is 2. The average molecular weight is 512 g/mol. The highest BCUT2D eigenvalue weighted by molar-refractivity contribution is 6.09. The highest BCUT2D eigenvalue weighted by atomic mass is 16.2. The first-order chi connectivity index (χ1) is 18.2. The van der Waals surface area contributed by atoms with Crippen molar-refractivity contribution in [1.82, 2.24) is 9.55 Å². The fraction of sp³-hybridized carbons (Fsp3) is 0.323. The van der Waals surface area contributed by atoms with Crippen LogP contribution in [0.25, 0.3) is 22.2 Å². The SMILES string of the molecule is CCCCn1c(=O)c(NC(=O)Nc2c(C(C)C)cccc2C(C)C)c(-c2ccccc2N)c2cccnc21. The lowest BCUT2D eigenvalue weighted by Gasteiger charge is -2.22. The number of nitrogen functional groups attached to an aromatic ring is 1. The number of carbonyl (C=O) groups excluding carboxylic acids is 1. The zero-order chi connectivity index (χ0) is 27.4. The van der Waals surface area contributed by atoms with Crippen LogP contribution in [0.15, 0.2) is 65.6 Å². The summed E-state index contributed by atoms with van der Waals surface area (Å²) in [6, 6.07) is 16.7. The number of aryl methyl sites for hydroxylation is 1. The van der Waals surface area contributed by atoms with E-state index in [0.29, 0.717) is 29.0 Å². The quantitative estimate of drug-likeness (QED) is 0.215. The van der Waals surface area contributed by atoms with Crippen molar-refractivity contribution < 1.29 is 4.79 Å². The second-order valence-corrected chi connectivity index (χ2v) is 10.2. The van der Waals surface area contributed by atoms with Crippen LogP contribution in [0.5, 0.6) is 0 Å². The van der Waals surface area contributed by atoms with Crippen LogP contribution in [0.2, 0.25) is 0 Å². The van der Waals surface area contributed by atoms with Gasteiger partial charge in [-0.2, -0.15) is 0 Å². The van der Waals surface area contributed by atoms with Gasteiger partial charge in [-0.05, 0) is 47.6 Å². The zero-order valence-corrected chi connectivity index (χ0v) is 22.8. The third kappa shape index (κ3) is 5.28. The molecular formula is C31H37N5O2. The maximum atomic E-state index is 14.0. The Labute approximate surface area is 224 Å². The molecule has 0 atom stereocenters. The van der Waals surface area contributed by atoms with Gasteiger partial charge in [-0.3, -0.25) is 9.36 Å². The molecule has 0 aliphatic carbocycles. The molecule has 2 aromatic carbocycles. The van der Waals surface area contributed by atoms with E-state index in [-0.39, 0.29) is 23.1 Å². The number of urea groups is 1. The second kappa shape index (κ2) is 11.5. The van der Waals surface area contributed by atoms with E-state index in [2.05, 4.69) is 50.2 Å². The summed E-state index contributed by atoms with van der Waals surface area (Å²) < 4.78 is 1.65. The van der Waals surface area contributed by atoms with Crippen LogP contribution in [0.3, 0.4) is 0 Å². The summed E-state index contributed by atoms with van der Waals surface area (Å²) in [5.74, 6) is 0.420. The number of unbranched alkanes of at least 4 members (excludes halogenated alkanes) is 1. The Morgan fingerprint density at radius 2 is 1.58 bits per heavy atom. The van der Waals surface area contributed by atoms with Gasteiger partial charge in [-0.25, -0.2) is 9.78 Å². The molecule has 0 saturated heterocycles. The number of rotatable bonds is 8. The van der Waals surface area contributed by atoms with Gasteiger partial charge < -0.3 is 16.4 Å². The maximum absolute atomic E-state index is 14.0. The summed E-state index contributed by atoms with van der Waals surface area (Å²) in [6.07, 6.45) is 3.41. The minimum atomic E-state index is -0.474. The van der Waals surface area contributed by atoms with E-state index >= 15 is 0 Å². The molecule has 198 valence electrons. The van der Waals surface area contributed by atoms with Crippen molar-refractivity contribution in [3.8, 4) is 11.1 Å². The molecular weight excluding hydrogens is 474 g/mol. The van der Waals surface area contributed by atoms with Crippen molar-refractivity contribution in [2.24, 2.45) is 0 Å². The van der Waals surface area contributed by atoms with Gasteiger partial charge >= 0.3 is 6.03 Å². The van der Waals surface area contributed by atoms with Gasteiger partial charge in [0.2, 0.25) is 0 Å². The average Bonchev–Trinajstić information content (AvgIpc) is 2.89. The number of hydrogen-bond acceptors (Lipinski definition) is 4. The van der Waals surface area contributed by atoms with Crippen LogP contribution in [-0.4, -0.2) is 15.6 Å². The minimum absolute atomic E-state index is 0.185. The lowest BCUT2D eigenvalue weighted by molar-refractivity contribution is 0.262. The van der Waals surface area contributed by atoms with E-state index in [1.807, 2.05) is 48.5 Å². The van der Waals surface area contributed by atoms with E-state index in [1.54, 1.807) is 16.8 Å². The molecule has 2 amide bonds. The monoisotopic (exact) mass is 511 g/mol. The van der Waals surface area contributed by atoms with E-state index in [1.165, 1.54) is 0 Å². The van der Waals surface area contributed by atoms with Gasteiger partial charge in [-0.15, -0.1) is 0 Å². The summed E-state index contributed by atoms with van der Waals surface area (Å²) in [5.41, 5.74) is 11.5. The molecule has 4 rings (SSSR count). The molecule has 0 fully saturated rings. The number of nitrogens with two attached hydrogens (primary N) is 1. The Bertz CT molecular complexity index is 1490. The smallest absolute Gasteiger partial charge is 0.323 e. The van der Waals surface area contributed by atoms with Crippen molar-refractivity contribution in [1.29, 1.82) is 0 Å². The first-order valence-corrected chi connectivity index (χ1v) is 13.3. The number of amides is 2. The van der Waals surface area contributed by atoms with Crippen LogP contribution in [-0.2, 0) is 6.54 Å². The Morgan fingerprint density at radius 3 is 2.21 bits per heavy atom. The van der Waals surface area contributed by atoms with E-state index in [0.717, 1.165) is 35.0 Å². The summed E-state index contributed by atoms with van der Waals surface area (Å²) >= 11 is 0. The van der Waals surface area contributed by atoms with E-state index in [4.69, 9.17) is 5.73 Å². The number of aromatic nitrogens is 2. The van der Waals surface area contributed by atoms with Gasteiger partial charge in [-0.1, -0.05) is 77.4 Å². The second-order valence-electron chi connectivity index (χ2n) is 10.2. The third-order valence-corrected chi connectivity index (χ3v) is 6.84. The highest BCUT2D eigenvalue weighted by Crippen LogP contribution is 2.37. The van der Waals surface area contributed by atoms with Crippen LogP contribution >= 0.6 is 0 Å². The number of benzene rings is 2. The predicted octanol–water partition coefficient (Wildman–Crippen LogP) is 7.34. The Morgan fingerprint density at radius 1 is 0.921 bits per heavy atom. The van der Waals surface area contributed by atoms with Crippen LogP contribution < -0.4 is 21.9 Å². The number of nitrogens with zero attached hydrogens (tertiary/aromatic N) is 2. The molecule has 0 aliphatic heterocycles. The van der Waals surface area contributed by atoms with Crippen LogP contribution in [0.1, 0.15) is 70.4 Å². The number of hydrogen-bond donors (Lipinski definition) is 3. The number of anilines is 3. The predicted molar refractivity (Wildman–Crippen MR) is 158 cm³/mol. The van der Waals surface area contributed by atoms with Crippen LogP contribution in [0, 0.1) is 0 Å². The molecule has 38 heavy (non-hydrogen) atoms. The first-order valence-electron chi connectivity index (χ1n) is 13.3. The number of carbonyl (C=O) groups is 1. The highest BCUT2D eigenvalue weighted by Gasteiger charge is 2.23. The molecule has 0 bridgehead atoms. The van der Waals surface area contributed by atoms with Crippen molar-refractivity contribution in [2.75, 3.05) is 16.4 Å². The molecule has 4 N–H and O–H groups in total. The van der Waals surface area contributed by atoms with Crippen molar-refractivity contribution in [3.63, 3.8) is 0 Å². The molecule has 7 heteroatoms. The van der Waals surface area contributed by atoms with Gasteiger partial charge in [0, 0.05) is 40.6 Å². The number of pyridine rings is 2. The topological polar surface area (TPSA) is 102 Å². The molecule has 7 nitrogen and oxygen atoms in total. The Hall–Kier alpha value is -4.13. The normalized spacial score (nSPS) is 11.3. The van der Waals surface area contributed by atoms with Gasteiger partial charge in [0.05, 0.1) is 0 Å². The minimum Gasteiger partial charge on any atom is -0.398 e. The van der Waals surface area contributed by atoms with Gasteiger partial charge in [0.15, 0.2) is 0 Å². The molecule has 0 spiro atoms. The molecule has 0 saturated carbocycles. The third-order valence-electron chi connectivity index (χ3n) is 6.84. The van der Waals surface area contributed by atoms with E-state index < -0.39 is 6.03 Å². The summed E-state index contributed by atoms with van der Waals surface area (Å²) in [4.78, 5) is 32.1.